The third-order valence-corrected chi connectivity index (χ3v) is 3.68. The van der Waals surface area contributed by atoms with E-state index >= 15 is 0 Å². The van der Waals surface area contributed by atoms with Gasteiger partial charge in [0.05, 0.1) is 13.1 Å². The van der Waals surface area contributed by atoms with Crippen LogP contribution in [0.5, 0.6) is 0 Å². The molecular formula is C15H21N3O3. The largest absolute Gasteiger partial charge is 0.465 e. The summed E-state index contributed by atoms with van der Waals surface area (Å²) >= 11 is 0. The minimum atomic E-state index is -0.0194. The van der Waals surface area contributed by atoms with Crippen LogP contribution in [-0.4, -0.2) is 28.2 Å². The average molecular weight is 291 g/mol. The van der Waals surface area contributed by atoms with E-state index in [9.17, 15) is 0 Å². The molecule has 0 aromatic carbocycles. The first-order chi connectivity index (χ1) is 10.2. The second-order valence-electron chi connectivity index (χ2n) is 5.37. The fourth-order valence-corrected chi connectivity index (χ4v) is 2.50. The molecular weight excluding hydrogens is 270 g/mol. The van der Waals surface area contributed by atoms with Gasteiger partial charge in [-0.25, -0.2) is 0 Å². The van der Waals surface area contributed by atoms with Crippen molar-refractivity contribution in [2.24, 2.45) is 0 Å². The van der Waals surface area contributed by atoms with Crippen molar-refractivity contribution in [3.8, 4) is 0 Å². The molecule has 6 heteroatoms. The molecule has 2 aromatic heterocycles. The monoisotopic (exact) mass is 291 g/mol. The number of rotatable bonds is 6. The Balaban J connectivity index is 1.61. The molecule has 0 N–H and O–H groups in total. The summed E-state index contributed by atoms with van der Waals surface area (Å²) in [6.45, 7) is 7.12. The van der Waals surface area contributed by atoms with E-state index in [4.69, 9.17) is 13.7 Å². The molecule has 21 heavy (non-hydrogen) atoms. The number of aryl methyl sites for hydroxylation is 1. The average Bonchev–Trinajstić information content (AvgIpc) is 3.19. The van der Waals surface area contributed by atoms with Gasteiger partial charge in [0, 0.05) is 6.61 Å². The van der Waals surface area contributed by atoms with Crippen molar-refractivity contribution in [3.05, 3.63) is 35.4 Å². The lowest BCUT2D eigenvalue weighted by Gasteiger charge is -2.16. The summed E-state index contributed by atoms with van der Waals surface area (Å²) in [6, 6.07) is 3.99. The quantitative estimate of drug-likeness (QED) is 0.815. The molecule has 1 saturated heterocycles. The minimum Gasteiger partial charge on any atom is -0.465 e. The van der Waals surface area contributed by atoms with Gasteiger partial charge in [0.25, 0.3) is 5.89 Å². The molecule has 1 aliphatic heterocycles. The predicted octanol–water partition coefficient (Wildman–Crippen LogP) is 2.84. The first-order valence-corrected chi connectivity index (χ1v) is 7.46. The summed E-state index contributed by atoms with van der Waals surface area (Å²) < 4.78 is 16.5. The highest BCUT2D eigenvalue weighted by atomic mass is 16.5. The van der Waals surface area contributed by atoms with E-state index in [0.717, 1.165) is 44.1 Å². The van der Waals surface area contributed by atoms with Gasteiger partial charge in [-0.1, -0.05) is 12.1 Å². The molecule has 1 aliphatic rings. The maximum absolute atomic E-state index is 5.61. The number of furan rings is 1. The Morgan fingerprint density at radius 3 is 2.90 bits per heavy atom. The third kappa shape index (κ3) is 3.51. The molecule has 0 unspecified atom stereocenters. The molecule has 1 atom stereocenters. The molecule has 0 spiro atoms. The summed E-state index contributed by atoms with van der Waals surface area (Å²) in [5.41, 5.74) is 0. The molecule has 0 aliphatic carbocycles. The van der Waals surface area contributed by atoms with Gasteiger partial charge in [0.15, 0.2) is 5.82 Å². The van der Waals surface area contributed by atoms with Crippen LogP contribution in [0.4, 0.5) is 0 Å². The molecule has 0 bridgehead atoms. The van der Waals surface area contributed by atoms with Gasteiger partial charge >= 0.3 is 0 Å². The number of ether oxygens (including phenoxy) is 1. The number of aromatic nitrogens is 2. The molecule has 0 amide bonds. The zero-order valence-electron chi connectivity index (χ0n) is 12.5. The lowest BCUT2D eigenvalue weighted by molar-refractivity contribution is 0.0835. The molecule has 3 rings (SSSR count). The van der Waals surface area contributed by atoms with E-state index in [-0.39, 0.29) is 6.10 Å². The van der Waals surface area contributed by atoms with Gasteiger partial charge in [0.1, 0.15) is 17.6 Å². The Hall–Kier alpha value is -1.66. The van der Waals surface area contributed by atoms with Crippen LogP contribution >= 0.6 is 0 Å². The van der Waals surface area contributed by atoms with Gasteiger partial charge < -0.3 is 13.7 Å². The summed E-state index contributed by atoms with van der Waals surface area (Å²) in [6.07, 6.45) is 2.00. The Morgan fingerprint density at radius 2 is 2.24 bits per heavy atom. The van der Waals surface area contributed by atoms with Crippen molar-refractivity contribution in [3.63, 3.8) is 0 Å². The standard InChI is InChI=1S/C15H21N3O3/c1-3-18(9-12-7-6-11(2)20-12)10-14-16-15(21-17-14)13-5-4-8-19-13/h6-7,13H,3-5,8-10H2,1-2H3/t13-/m0/s1. The molecule has 6 nitrogen and oxygen atoms in total. The molecule has 0 radical (unpaired) electrons. The smallest absolute Gasteiger partial charge is 0.255 e. The first-order valence-electron chi connectivity index (χ1n) is 7.46. The van der Waals surface area contributed by atoms with Crippen LogP contribution < -0.4 is 0 Å². The Kier molecular flexibility index (Phi) is 4.36. The van der Waals surface area contributed by atoms with E-state index in [1.54, 1.807) is 0 Å². The highest BCUT2D eigenvalue weighted by Gasteiger charge is 2.24. The second kappa shape index (κ2) is 6.41. The topological polar surface area (TPSA) is 64.5 Å². The fraction of sp³-hybridized carbons (Fsp3) is 0.600. The van der Waals surface area contributed by atoms with Crippen molar-refractivity contribution in [2.75, 3.05) is 13.2 Å². The summed E-state index contributed by atoms with van der Waals surface area (Å²) in [4.78, 5) is 6.66. The highest BCUT2D eigenvalue weighted by Crippen LogP contribution is 2.27. The number of hydrogen-bond donors (Lipinski definition) is 0. The maximum atomic E-state index is 5.61. The minimum absolute atomic E-state index is 0.0194. The summed E-state index contributed by atoms with van der Waals surface area (Å²) in [5, 5.41) is 4.06. The molecule has 0 saturated carbocycles. The molecule has 3 heterocycles. The number of hydrogen-bond acceptors (Lipinski definition) is 6. The van der Waals surface area contributed by atoms with Crippen molar-refractivity contribution >= 4 is 0 Å². The summed E-state index contributed by atoms with van der Waals surface area (Å²) in [5.74, 6) is 3.19. The highest BCUT2D eigenvalue weighted by molar-refractivity contribution is 5.05. The van der Waals surface area contributed by atoms with Crippen LogP contribution in [0, 0.1) is 6.92 Å². The van der Waals surface area contributed by atoms with Gasteiger partial charge in [-0.15, -0.1) is 0 Å². The van der Waals surface area contributed by atoms with Crippen molar-refractivity contribution in [1.29, 1.82) is 0 Å². The zero-order valence-corrected chi connectivity index (χ0v) is 12.5. The van der Waals surface area contributed by atoms with E-state index in [0.29, 0.717) is 18.3 Å². The second-order valence-corrected chi connectivity index (χ2v) is 5.37. The van der Waals surface area contributed by atoms with E-state index in [2.05, 4.69) is 22.0 Å². The van der Waals surface area contributed by atoms with E-state index < -0.39 is 0 Å². The lowest BCUT2D eigenvalue weighted by Crippen LogP contribution is -2.22. The fourth-order valence-electron chi connectivity index (χ4n) is 2.50. The SMILES string of the molecule is CCN(Cc1noc([C@@H]2CCCO2)n1)Cc1ccc(C)o1. The van der Waals surface area contributed by atoms with Gasteiger partial charge in [0.2, 0.25) is 0 Å². The van der Waals surface area contributed by atoms with Crippen LogP contribution in [0.2, 0.25) is 0 Å². The van der Waals surface area contributed by atoms with E-state index in [1.807, 2.05) is 19.1 Å². The number of nitrogens with zero attached hydrogens (tertiary/aromatic N) is 3. The lowest BCUT2D eigenvalue weighted by atomic mass is 10.2. The molecule has 1 fully saturated rings. The van der Waals surface area contributed by atoms with Crippen LogP contribution in [0.3, 0.4) is 0 Å². The van der Waals surface area contributed by atoms with Gasteiger partial charge in [-0.3, -0.25) is 4.90 Å². The van der Waals surface area contributed by atoms with Gasteiger partial charge in [-0.2, -0.15) is 4.98 Å². The van der Waals surface area contributed by atoms with Crippen LogP contribution in [0.1, 0.15) is 49.1 Å². The predicted molar refractivity (Wildman–Crippen MR) is 75.5 cm³/mol. The third-order valence-electron chi connectivity index (χ3n) is 3.68. The first kappa shape index (κ1) is 14.3. The van der Waals surface area contributed by atoms with Crippen molar-refractivity contribution in [2.45, 2.75) is 45.9 Å². The summed E-state index contributed by atoms with van der Waals surface area (Å²) in [7, 11) is 0. The van der Waals surface area contributed by atoms with Crippen molar-refractivity contribution < 1.29 is 13.7 Å². The normalized spacial score (nSPS) is 18.7. The Bertz CT molecular complexity index is 572. The van der Waals surface area contributed by atoms with Gasteiger partial charge in [-0.05, 0) is 38.4 Å². The van der Waals surface area contributed by atoms with Crippen LogP contribution in [0.25, 0.3) is 0 Å². The Labute approximate surface area is 124 Å². The molecule has 2 aromatic rings. The van der Waals surface area contributed by atoms with E-state index in [1.165, 1.54) is 0 Å². The molecule has 114 valence electrons. The Morgan fingerprint density at radius 1 is 1.33 bits per heavy atom. The van der Waals surface area contributed by atoms with Crippen LogP contribution in [0.15, 0.2) is 21.1 Å². The maximum Gasteiger partial charge on any atom is 0.255 e. The van der Waals surface area contributed by atoms with Crippen LogP contribution in [-0.2, 0) is 17.8 Å². The van der Waals surface area contributed by atoms with Crippen molar-refractivity contribution in [1.82, 2.24) is 15.0 Å². The zero-order chi connectivity index (χ0) is 14.7.